The van der Waals surface area contributed by atoms with E-state index in [0.29, 0.717) is 0 Å². The van der Waals surface area contributed by atoms with Gasteiger partial charge in [0.25, 0.3) is 0 Å². The number of benzene rings is 1. The number of hydrogen-bond acceptors (Lipinski definition) is 0. The van der Waals surface area contributed by atoms with Crippen molar-refractivity contribution in [2.75, 3.05) is 0 Å². The van der Waals surface area contributed by atoms with Crippen molar-refractivity contribution in [1.82, 2.24) is 0 Å². The summed E-state index contributed by atoms with van der Waals surface area (Å²) in [5.41, 5.74) is 2.76. The Morgan fingerprint density at radius 1 is 0.955 bits per heavy atom. The van der Waals surface area contributed by atoms with Crippen molar-refractivity contribution in [1.29, 1.82) is 0 Å². The summed E-state index contributed by atoms with van der Waals surface area (Å²) < 4.78 is 59.2. The Morgan fingerprint density at radius 2 is 1.41 bits per heavy atom. The molecule has 1 aromatic carbocycles. The van der Waals surface area contributed by atoms with E-state index in [2.05, 4.69) is 62.4 Å². The van der Waals surface area contributed by atoms with E-state index in [1.165, 1.54) is 11.1 Å². The Bertz CT molecular complexity index is 546. The first-order chi connectivity index (χ1) is 9.16. The average Bonchev–Trinajstić information content (AvgIpc) is 2.80. The Labute approximate surface area is 136 Å². The van der Waals surface area contributed by atoms with Gasteiger partial charge in [-0.1, -0.05) is 44.2 Å². The number of rotatable bonds is 2. The van der Waals surface area contributed by atoms with Crippen molar-refractivity contribution in [3.05, 3.63) is 59.7 Å². The molecule has 0 saturated carbocycles. The zero-order valence-electron chi connectivity index (χ0n) is 11.8. The number of halogens is 6. The van der Waals surface area contributed by atoms with Gasteiger partial charge in [-0.3, -0.25) is 6.08 Å². The van der Waals surface area contributed by atoms with E-state index in [0.717, 1.165) is 6.42 Å². The third-order valence-electron chi connectivity index (χ3n) is 2.86. The summed E-state index contributed by atoms with van der Waals surface area (Å²) in [4.78, 5) is 0. The van der Waals surface area contributed by atoms with Gasteiger partial charge in [-0.15, -0.1) is 6.42 Å². The van der Waals surface area contributed by atoms with Gasteiger partial charge >= 0.3 is 33.0 Å². The second-order valence-electron chi connectivity index (χ2n) is 5.15. The van der Waals surface area contributed by atoms with Crippen LogP contribution in [0.15, 0.2) is 48.1 Å². The quantitative estimate of drug-likeness (QED) is 0.222. The molecule has 0 fully saturated rings. The smallest absolute Gasteiger partial charge is 0 e. The van der Waals surface area contributed by atoms with Gasteiger partial charge in [-0.2, -0.15) is 6.08 Å². The van der Waals surface area contributed by atoms with Crippen LogP contribution in [0.25, 0.3) is 0 Å². The van der Waals surface area contributed by atoms with Gasteiger partial charge in [0, 0.05) is 17.1 Å². The molecule has 0 heterocycles. The normalized spacial score (nSPS) is 17.4. The monoisotopic (exact) mass is 384 g/mol. The summed E-state index contributed by atoms with van der Waals surface area (Å²) in [6.45, 7) is 4.50. The third-order valence-corrected chi connectivity index (χ3v) is 2.86. The molecular formula is C14H15F6FeP-2. The molecule has 0 N–H and O–H groups in total. The topological polar surface area (TPSA) is 0 Å². The average molecular weight is 384 g/mol. The largest absolute Gasteiger partial charge is 0 e. The van der Waals surface area contributed by atoms with E-state index in [9.17, 15) is 25.2 Å². The summed E-state index contributed by atoms with van der Waals surface area (Å²) in [5, 5.41) is 0. The van der Waals surface area contributed by atoms with Crippen LogP contribution in [0.4, 0.5) is 25.2 Å². The van der Waals surface area contributed by atoms with Gasteiger partial charge < -0.3 is 0 Å². The minimum Gasteiger partial charge on any atom is 0 e. The molecular weight excluding hydrogens is 369 g/mol. The van der Waals surface area contributed by atoms with Crippen molar-refractivity contribution >= 4 is 7.81 Å². The van der Waals surface area contributed by atoms with Gasteiger partial charge in [-0.05, 0) is 11.0 Å². The molecule has 0 spiro atoms. The van der Waals surface area contributed by atoms with Crippen molar-refractivity contribution in [3.8, 4) is 0 Å². The van der Waals surface area contributed by atoms with Crippen LogP contribution in [-0.2, 0) is 22.5 Å². The van der Waals surface area contributed by atoms with Gasteiger partial charge in [-0.25, -0.2) is 11.6 Å². The molecule has 0 amide bonds. The standard InChI is InChI=1S/C14H15.F6P.Fe/c1-14(2,13-10-6-7-11-13)12-8-4-3-5-9-12;1-7(2,3,4,5)6;/h3-6,8-10H,7H2,1-2H3;;/q2*-1;. The van der Waals surface area contributed by atoms with Crippen molar-refractivity contribution in [3.63, 3.8) is 0 Å². The van der Waals surface area contributed by atoms with E-state index in [1.807, 2.05) is 0 Å². The molecule has 0 aliphatic heterocycles. The Morgan fingerprint density at radius 3 is 1.77 bits per heavy atom. The fourth-order valence-corrected chi connectivity index (χ4v) is 1.84. The third kappa shape index (κ3) is 9.29. The van der Waals surface area contributed by atoms with Crippen LogP contribution in [0.1, 0.15) is 25.8 Å². The molecule has 0 radical (unpaired) electrons. The summed E-state index contributed by atoms with van der Waals surface area (Å²) >= 11 is 0. The van der Waals surface area contributed by atoms with Crippen molar-refractivity contribution in [2.45, 2.75) is 25.7 Å². The minimum atomic E-state index is -10.7. The maximum absolute atomic E-state index is 10.7. The van der Waals surface area contributed by atoms with Crippen LogP contribution in [-0.4, -0.2) is 0 Å². The summed E-state index contributed by atoms with van der Waals surface area (Å²) in [7, 11) is -10.7. The first kappa shape index (κ1) is 21.2. The second-order valence-corrected chi connectivity index (χ2v) is 7.06. The van der Waals surface area contributed by atoms with Gasteiger partial charge in [0.2, 0.25) is 0 Å². The fraction of sp³-hybridized carbons (Fsp3) is 0.286. The Hall–Kier alpha value is -0.771. The molecule has 128 valence electrons. The molecule has 0 aromatic heterocycles. The van der Waals surface area contributed by atoms with E-state index in [1.54, 1.807) is 0 Å². The zero-order valence-corrected chi connectivity index (χ0v) is 13.8. The fourth-order valence-electron chi connectivity index (χ4n) is 1.84. The van der Waals surface area contributed by atoms with Gasteiger partial charge in [0.1, 0.15) is 0 Å². The molecule has 0 unspecified atom stereocenters. The van der Waals surface area contributed by atoms with Crippen molar-refractivity contribution in [2.24, 2.45) is 0 Å². The van der Waals surface area contributed by atoms with E-state index >= 15 is 0 Å². The SMILES string of the molecule is CC(C)(C1=[C-]CC=C1)c1ccccc1.F[P-](F)(F)(F)(F)F.[Fe]. The van der Waals surface area contributed by atoms with E-state index in [-0.39, 0.29) is 22.5 Å². The second kappa shape index (κ2) is 6.03. The maximum atomic E-state index is 9.87. The van der Waals surface area contributed by atoms with Crippen molar-refractivity contribution < 1.29 is 42.3 Å². The summed E-state index contributed by atoms with van der Waals surface area (Å²) in [5.74, 6) is 0. The van der Waals surface area contributed by atoms with E-state index < -0.39 is 7.81 Å². The summed E-state index contributed by atoms with van der Waals surface area (Å²) in [6, 6.07) is 10.6. The first-order valence-electron chi connectivity index (χ1n) is 6.06. The minimum absolute atomic E-state index is 0. The molecule has 1 aromatic rings. The van der Waals surface area contributed by atoms with Gasteiger partial charge in [0.15, 0.2) is 0 Å². The first-order valence-corrected chi connectivity index (χ1v) is 8.09. The van der Waals surface area contributed by atoms with E-state index in [4.69, 9.17) is 0 Å². The molecule has 2 rings (SSSR count). The molecule has 1 aliphatic rings. The van der Waals surface area contributed by atoms with Crippen LogP contribution in [0.2, 0.25) is 0 Å². The predicted octanol–water partition coefficient (Wildman–Crippen LogP) is 7.03. The Kier molecular flexibility index (Phi) is 5.82. The van der Waals surface area contributed by atoms with Gasteiger partial charge in [0.05, 0.1) is 0 Å². The van der Waals surface area contributed by atoms with Crippen LogP contribution < -0.4 is 0 Å². The molecule has 22 heavy (non-hydrogen) atoms. The van der Waals surface area contributed by atoms with Crippen LogP contribution in [0, 0.1) is 6.08 Å². The number of hydrogen-bond donors (Lipinski definition) is 0. The molecule has 0 saturated heterocycles. The predicted molar refractivity (Wildman–Crippen MR) is 73.5 cm³/mol. The Balaban J connectivity index is 0.000000478. The van der Waals surface area contributed by atoms with Crippen LogP contribution in [0.3, 0.4) is 0 Å². The zero-order chi connectivity index (χ0) is 16.4. The van der Waals surface area contributed by atoms with Crippen LogP contribution >= 0.6 is 7.81 Å². The molecule has 0 bridgehead atoms. The molecule has 0 nitrogen and oxygen atoms in total. The molecule has 0 atom stereocenters. The maximum Gasteiger partial charge on any atom is 0 e. The van der Waals surface area contributed by atoms with Crippen LogP contribution in [0.5, 0.6) is 0 Å². The molecule has 1 aliphatic carbocycles. The summed E-state index contributed by atoms with van der Waals surface area (Å²) in [6.07, 6.45) is 8.72. The number of allylic oxidation sites excluding steroid dienone is 4. The molecule has 8 heteroatoms.